The number of esters is 1. The molecule has 0 radical (unpaired) electrons. The lowest BCUT2D eigenvalue weighted by Gasteiger charge is -2.09. The molecule has 1 unspecified atom stereocenters. The Morgan fingerprint density at radius 2 is 2.13 bits per heavy atom. The number of pyridine rings is 1. The van der Waals surface area contributed by atoms with Gasteiger partial charge in [-0.3, -0.25) is 9.78 Å². The van der Waals surface area contributed by atoms with Gasteiger partial charge in [0.15, 0.2) is 0 Å². The van der Waals surface area contributed by atoms with E-state index >= 15 is 0 Å². The number of aromatic nitrogens is 1. The van der Waals surface area contributed by atoms with Crippen LogP contribution < -0.4 is 0 Å². The average molecular weight is 207 g/mol. The van der Waals surface area contributed by atoms with E-state index in [2.05, 4.69) is 4.98 Å². The third-order valence-electron chi connectivity index (χ3n) is 2.30. The van der Waals surface area contributed by atoms with Gasteiger partial charge in [-0.2, -0.15) is 0 Å². The molecular weight excluding hydrogens is 190 g/mol. The zero-order valence-corrected chi connectivity index (χ0v) is 9.27. The Hall–Kier alpha value is -1.38. The van der Waals surface area contributed by atoms with E-state index < -0.39 is 0 Å². The molecule has 0 aliphatic rings. The van der Waals surface area contributed by atoms with Gasteiger partial charge in [0.25, 0.3) is 0 Å². The molecule has 3 heteroatoms. The van der Waals surface area contributed by atoms with Gasteiger partial charge in [0.2, 0.25) is 0 Å². The minimum absolute atomic E-state index is 0.0295. The van der Waals surface area contributed by atoms with E-state index in [1.54, 1.807) is 12.4 Å². The topological polar surface area (TPSA) is 39.2 Å². The second kappa shape index (κ2) is 6.17. The summed E-state index contributed by atoms with van der Waals surface area (Å²) in [6, 6.07) is 3.94. The van der Waals surface area contributed by atoms with Crippen LogP contribution in [0, 0.1) is 5.92 Å². The molecule has 3 nitrogen and oxygen atoms in total. The van der Waals surface area contributed by atoms with E-state index in [-0.39, 0.29) is 11.9 Å². The maximum atomic E-state index is 11.3. The highest BCUT2D eigenvalue weighted by molar-refractivity contribution is 5.71. The Morgan fingerprint density at radius 1 is 1.47 bits per heavy atom. The molecule has 0 bridgehead atoms. The molecule has 1 atom stereocenters. The molecule has 1 aromatic heterocycles. The Kier molecular flexibility index (Phi) is 4.81. The van der Waals surface area contributed by atoms with Gasteiger partial charge in [-0.05, 0) is 37.5 Å². The fourth-order valence-corrected chi connectivity index (χ4v) is 1.33. The van der Waals surface area contributed by atoms with Crippen molar-refractivity contribution in [2.24, 2.45) is 5.92 Å². The fourth-order valence-electron chi connectivity index (χ4n) is 1.33. The number of carbonyl (C=O) groups excluding carboxylic acids is 1. The van der Waals surface area contributed by atoms with Gasteiger partial charge in [0, 0.05) is 12.4 Å². The van der Waals surface area contributed by atoms with Gasteiger partial charge in [-0.15, -0.1) is 0 Å². The molecule has 15 heavy (non-hydrogen) atoms. The highest BCUT2D eigenvalue weighted by atomic mass is 16.5. The normalized spacial score (nSPS) is 12.1. The van der Waals surface area contributed by atoms with Crippen molar-refractivity contribution in [1.82, 2.24) is 4.98 Å². The van der Waals surface area contributed by atoms with E-state index in [9.17, 15) is 4.79 Å². The number of hydrogen-bond donors (Lipinski definition) is 0. The first-order chi connectivity index (χ1) is 7.24. The van der Waals surface area contributed by atoms with E-state index in [4.69, 9.17) is 4.74 Å². The van der Waals surface area contributed by atoms with Crippen LogP contribution in [0.1, 0.15) is 25.8 Å². The number of nitrogens with zero attached hydrogens (tertiary/aromatic N) is 1. The van der Waals surface area contributed by atoms with Crippen molar-refractivity contribution in [3.63, 3.8) is 0 Å². The average Bonchev–Trinajstić information content (AvgIpc) is 2.27. The summed E-state index contributed by atoms with van der Waals surface area (Å²) in [5.41, 5.74) is 1.21. The van der Waals surface area contributed by atoms with Crippen molar-refractivity contribution in [2.45, 2.75) is 26.7 Å². The number of aryl methyl sites for hydroxylation is 1. The van der Waals surface area contributed by atoms with E-state index in [0.29, 0.717) is 6.61 Å². The second-order valence-electron chi connectivity index (χ2n) is 3.55. The summed E-state index contributed by atoms with van der Waals surface area (Å²) >= 11 is 0. The summed E-state index contributed by atoms with van der Waals surface area (Å²) in [6.45, 7) is 4.19. The van der Waals surface area contributed by atoms with Crippen LogP contribution in [-0.4, -0.2) is 17.6 Å². The first-order valence-electron chi connectivity index (χ1n) is 5.29. The van der Waals surface area contributed by atoms with Crippen LogP contribution in [0.25, 0.3) is 0 Å². The summed E-state index contributed by atoms with van der Waals surface area (Å²) < 4.78 is 4.94. The standard InChI is InChI=1S/C12H17NO2/c1-3-15-12(14)10(2)4-5-11-6-8-13-9-7-11/h6-10H,3-5H2,1-2H3. The molecule has 0 saturated heterocycles. The number of rotatable bonds is 5. The van der Waals surface area contributed by atoms with Crippen LogP contribution in [0.4, 0.5) is 0 Å². The SMILES string of the molecule is CCOC(=O)C(C)CCc1ccncc1. The molecule has 0 amide bonds. The van der Waals surface area contributed by atoms with E-state index in [1.165, 1.54) is 5.56 Å². The van der Waals surface area contributed by atoms with Crippen LogP contribution in [0.2, 0.25) is 0 Å². The third kappa shape index (κ3) is 4.11. The van der Waals surface area contributed by atoms with Gasteiger partial charge in [0.1, 0.15) is 0 Å². The molecule has 82 valence electrons. The zero-order chi connectivity index (χ0) is 11.1. The second-order valence-corrected chi connectivity index (χ2v) is 3.55. The smallest absolute Gasteiger partial charge is 0.308 e. The van der Waals surface area contributed by atoms with Crippen LogP contribution in [0.5, 0.6) is 0 Å². The lowest BCUT2D eigenvalue weighted by Crippen LogP contribution is -2.15. The predicted octanol–water partition coefficient (Wildman–Crippen LogP) is 2.21. The summed E-state index contributed by atoms with van der Waals surface area (Å²) in [7, 11) is 0. The quantitative estimate of drug-likeness (QED) is 0.695. The monoisotopic (exact) mass is 207 g/mol. The summed E-state index contributed by atoms with van der Waals surface area (Å²) in [6.07, 6.45) is 5.25. The first-order valence-corrected chi connectivity index (χ1v) is 5.29. The van der Waals surface area contributed by atoms with Crippen molar-refractivity contribution in [2.75, 3.05) is 6.61 Å². The highest BCUT2D eigenvalue weighted by Gasteiger charge is 2.13. The Bertz CT molecular complexity index is 298. The molecule has 1 aromatic rings. The summed E-state index contributed by atoms with van der Waals surface area (Å²) in [4.78, 5) is 15.3. The molecule has 0 aromatic carbocycles. The lowest BCUT2D eigenvalue weighted by molar-refractivity contribution is -0.147. The molecule has 0 aliphatic heterocycles. The largest absolute Gasteiger partial charge is 0.466 e. The van der Waals surface area contributed by atoms with Crippen LogP contribution in [0.3, 0.4) is 0 Å². The maximum Gasteiger partial charge on any atom is 0.308 e. The van der Waals surface area contributed by atoms with Gasteiger partial charge in [-0.1, -0.05) is 6.92 Å². The highest BCUT2D eigenvalue weighted by Crippen LogP contribution is 2.10. The molecule has 0 saturated carbocycles. The Labute approximate surface area is 90.5 Å². The maximum absolute atomic E-state index is 11.3. The molecule has 1 rings (SSSR count). The van der Waals surface area contributed by atoms with Crippen molar-refractivity contribution < 1.29 is 9.53 Å². The molecule has 1 heterocycles. The van der Waals surface area contributed by atoms with Gasteiger partial charge >= 0.3 is 5.97 Å². The van der Waals surface area contributed by atoms with Crippen molar-refractivity contribution >= 4 is 5.97 Å². The van der Waals surface area contributed by atoms with Gasteiger partial charge in [-0.25, -0.2) is 0 Å². The number of ether oxygens (including phenoxy) is 1. The molecular formula is C12H17NO2. The number of carbonyl (C=O) groups is 1. The van der Waals surface area contributed by atoms with E-state index in [0.717, 1.165) is 12.8 Å². The predicted molar refractivity (Wildman–Crippen MR) is 58.4 cm³/mol. The lowest BCUT2D eigenvalue weighted by atomic mass is 10.0. The Morgan fingerprint density at radius 3 is 2.73 bits per heavy atom. The van der Waals surface area contributed by atoms with Crippen LogP contribution >= 0.6 is 0 Å². The minimum Gasteiger partial charge on any atom is -0.466 e. The third-order valence-corrected chi connectivity index (χ3v) is 2.30. The van der Waals surface area contributed by atoms with E-state index in [1.807, 2.05) is 26.0 Å². The number of hydrogen-bond acceptors (Lipinski definition) is 3. The van der Waals surface area contributed by atoms with Crippen molar-refractivity contribution in [3.8, 4) is 0 Å². The molecule has 0 N–H and O–H groups in total. The molecule has 0 spiro atoms. The van der Waals surface area contributed by atoms with Crippen LogP contribution in [-0.2, 0) is 16.0 Å². The van der Waals surface area contributed by atoms with Crippen molar-refractivity contribution in [3.05, 3.63) is 30.1 Å². The fraction of sp³-hybridized carbons (Fsp3) is 0.500. The first kappa shape index (κ1) is 11.7. The van der Waals surface area contributed by atoms with Gasteiger partial charge < -0.3 is 4.74 Å². The summed E-state index contributed by atoms with van der Waals surface area (Å²) in [5.74, 6) is -0.135. The zero-order valence-electron chi connectivity index (χ0n) is 9.27. The van der Waals surface area contributed by atoms with Crippen LogP contribution in [0.15, 0.2) is 24.5 Å². The van der Waals surface area contributed by atoms with Crippen molar-refractivity contribution in [1.29, 1.82) is 0 Å². The minimum atomic E-state index is -0.105. The van der Waals surface area contributed by atoms with Gasteiger partial charge in [0.05, 0.1) is 12.5 Å². The Balaban J connectivity index is 2.34. The molecule has 0 fully saturated rings. The summed E-state index contributed by atoms with van der Waals surface area (Å²) in [5, 5.41) is 0. The molecule has 0 aliphatic carbocycles.